The van der Waals surface area contributed by atoms with E-state index in [1.807, 2.05) is 0 Å². The van der Waals surface area contributed by atoms with E-state index in [0.29, 0.717) is 6.04 Å². The fourth-order valence-electron chi connectivity index (χ4n) is 2.71. The minimum absolute atomic E-state index is 0.0403. The Kier molecular flexibility index (Phi) is 4.41. The van der Waals surface area contributed by atoms with Gasteiger partial charge in [0.05, 0.1) is 5.60 Å². The summed E-state index contributed by atoms with van der Waals surface area (Å²) >= 11 is 0. The van der Waals surface area contributed by atoms with Crippen LogP contribution in [0.25, 0.3) is 0 Å². The molecule has 1 aliphatic rings. The van der Waals surface area contributed by atoms with E-state index in [9.17, 15) is 0 Å². The SMILES string of the molecule is Cc1ccccc1CCNC1CCOC(C)(C)C1. The summed E-state index contributed by atoms with van der Waals surface area (Å²) in [5.74, 6) is 0. The predicted octanol–water partition coefficient (Wildman–Crippen LogP) is 3.08. The van der Waals surface area contributed by atoms with Gasteiger partial charge < -0.3 is 10.1 Å². The van der Waals surface area contributed by atoms with Crippen molar-refractivity contribution in [3.8, 4) is 0 Å². The zero-order valence-electron chi connectivity index (χ0n) is 11.8. The molecule has 2 nitrogen and oxygen atoms in total. The van der Waals surface area contributed by atoms with Crippen LogP contribution in [0, 0.1) is 6.92 Å². The van der Waals surface area contributed by atoms with E-state index in [2.05, 4.69) is 50.4 Å². The molecule has 0 aromatic heterocycles. The third-order valence-electron chi connectivity index (χ3n) is 3.79. The molecule has 0 bridgehead atoms. The second-order valence-electron chi connectivity index (χ2n) is 5.93. The Morgan fingerprint density at radius 1 is 1.33 bits per heavy atom. The molecule has 1 N–H and O–H groups in total. The van der Waals surface area contributed by atoms with E-state index >= 15 is 0 Å². The van der Waals surface area contributed by atoms with E-state index < -0.39 is 0 Å². The average molecular weight is 247 g/mol. The van der Waals surface area contributed by atoms with Crippen molar-refractivity contribution in [2.24, 2.45) is 0 Å². The van der Waals surface area contributed by atoms with Crippen molar-refractivity contribution in [1.29, 1.82) is 0 Å². The number of aryl methyl sites for hydroxylation is 1. The van der Waals surface area contributed by atoms with Gasteiger partial charge in [0, 0.05) is 12.6 Å². The van der Waals surface area contributed by atoms with Crippen molar-refractivity contribution < 1.29 is 4.74 Å². The first-order chi connectivity index (χ1) is 8.57. The topological polar surface area (TPSA) is 21.3 Å². The molecule has 0 radical (unpaired) electrons. The van der Waals surface area contributed by atoms with Crippen LogP contribution in [0.15, 0.2) is 24.3 Å². The van der Waals surface area contributed by atoms with E-state index in [4.69, 9.17) is 4.74 Å². The summed E-state index contributed by atoms with van der Waals surface area (Å²) in [7, 11) is 0. The quantitative estimate of drug-likeness (QED) is 0.883. The molecule has 0 spiro atoms. The number of benzene rings is 1. The summed E-state index contributed by atoms with van der Waals surface area (Å²) in [6, 6.07) is 9.25. The first kappa shape index (κ1) is 13.6. The first-order valence-electron chi connectivity index (χ1n) is 6.99. The smallest absolute Gasteiger partial charge is 0.0641 e. The van der Waals surface area contributed by atoms with Crippen LogP contribution in [0.2, 0.25) is 0 Å². The fourth-order valence-corrected chi connectivity index (χ4v) is 2.71. The van der Waals surface area contributed by atoms with Crippen LogP contribution in [-0.2, 0) is 11.2 Å². The van der Waals surface area contributed by atoms with Gasteiger partial charge in [0.1, 0.15) is 0 Å². The maximum atomic E-state index is 5.74. The van der Waals surface area contributed by atoms with Gasteiger partial charge in [-0.1, -0.05) is 24.3 Å². The lowest BCUT2D eigenvalue weighted by atomic mass is 9.94. The highest BCUT2D eigenvalue weighted by Crippen LogP contribution is 2.23. The minimum atomic E-state index is 0.0403. The molecule has 1 atom stereocenters. The molecule has 1 aromatic carbocycles. The molecule has 100 valence electrons. The number of nitrogens with one attached hydrogen (secondary N) is 1. The van der Waals surface area contributed by atoms with Gasteiger partial charge in [0.25, 0.3) is 0 Å². The van der Waals surface area contributed by atoms with Gasteiger partial charge in [-0.05, 0) is 57.7 Å². The molecule has 1 aromatic rings. The lowest BCUT2D eigenvalue weighted by Crippen LogP contribution is -2.44. The normalized spacial score (nSPS) is 22.9. The minimum Gasteiger partial charge on any atom is -0.375 e. The molecule has 2 rings (SSSR count). The molecule has 1 unspecified atom stereocenters. The summed E-state index contributed by atoms with van der Waals surface area (Å²) in [4.78, 5) is 0. The summed E-state index contributed by atoms with van der Waals surface area (Å²) in [6.07, 6.45) is 3.36. The van der Waals surface area contributed by atoms with Crippen molar-refractivity contribution in [2.75, 3.05) is 13.2 Å². The summed E-state index contributed by atoms with van der Waals surface area (Å²) in [6.45, 7) is 8.50. The molecule has 1 fully saturated rings. The third kappa shape index (κ3) is 3.82. The van der Waals surface area contributed by atoms with Gasteiger partial charge in [-0.2, -0.15) is 0 Å². The van der Waals surface area contributed by atoms with E-state index in [1.165, 1.54) is 11.1 Å². The highest BCUT2D eigenvalue weighted by atomic mass is 16.5. The number of hydrogen-bond donors (Lipinski definition) is 1. The van der Waals surface area contributed by atoms with Gasteiger partial charge in [0.15, 0.2) is 0 Å². The lowest BCUT2D eigenvalue weighted by Gasteiger charge is -2.36. The Hall–Kier alpha value is -0.860. The van der Waals surface area contributed by atoms with Crippen LogP contribution in [0.4, 0.5) is 0 Å². The zero-order valence-corrected chi connectivity index (χ0v) is 11.8. The molecule has 1 heterocycles. The number of ether oxygens (including phenoxy) is 1. The van der Waals surface area contributed by atoms with Crippen molar-refractivity contribution in [3.05, 3.63) is 35.4 Å². The van der Waals surface area contributed by atoms with Crippen LogP contribution in [0.3, 0.4) is 0 Å². The average Bonchev–Trinajstić information content (AvgIpc) is 2.30. The van der Waals surface area contributed by atoms with E-state index in [-0.39, 0.29) is 5.60 Å². The largest absolute Gasteiger partial charge is 0.375 e. The Balaban J connectivity index is 1.77. The zero-order chi connectivity index (χ0) is 13.0. The first-order valence-corrected chi connectivity index (χ1v) is 6.99. The molecule has 1 saturated heterocycles. The lowest BCUT2D eigenvalue weighted by molar-refractivity contribution is -0.0627. The van der Waals surface area contributed by atoms with Crippen LogP contribution in [0.5, 0.6) is 0 Å². The monoisotopic (exact) mass is 247 g/mol. The number of rotatable bonds is 4. The summed E-state index contributed by atoms with van der Waals surface area (Å²) < 4.78 is 5.74. The van der Waals surface area contributed by atoms with Crippen molar-refractivity contribution >= 4 is 0 Å². The standard InChI is InChI=1S/C16H25NO/c1-13-6-4-5-7-14(13)8-10-17-15-9-11-18-16(2,3)12-15/h4-7,15,17H,8-12H2,1-3H3. The van der Waals surface area contributed by atoms with Crippen molar-refractivity contribution in [2.45, 2.75) is 51.7 Å². The fraction of sp³-hybridized carbons (Fsp3) is 0.625. The van der Waals surface area contributed by atoms with Crippen LogP contribution in [-0.4, -0.2) is 24.8 Å². The second kappa shape index (κ2) is 5.85. The van der Waals surface area contributed by atoms with Gasteiger partial charge in [0.2, 0.25) is 0 Å². The summed E-state index contributed by atoms with van der Waals surface area (Å²) in [5.41, 5.74) is 2.89. The number of hydrogen-bond acceptors (Lipinski definition) is 2. The molecule has 0 aliphatic carbocycles. The van der Waals surface area contributed by atoms with Gasteiger partial charge in [-0.15, -0.1) is 0 Å². The highest BCUT2D eigenvalue weighted by molar-refractivity contribution is 5.25. The molecule has 2 heteroatoms. The Labute approximate surface area is 111 Å². The van der Waals surface area contributed by atoms with Gasteiger partial charge >= 0.3 is 0 Å². The van der Waals surface area contributed by atoms with Gasteiger partial charge in [-0.25, -0.2) is 0 Å². The maximum absolute atomic E-state index is 5.74. The molecule has 18 heavy (non-hydrogen) atoms. The van der Waals surface area contributed by atoms with Crippen LogP contribution >= 0.6 is 0 Å². The molecule has 0 saturated carbocycles. The predicted molar refractivity (Wildman–Crippen MR) is 75.9 cm³/mol. The van der Waals surface area contributed by atoms with Crippen molar-refractivity contribution in [3.63, 3.8) is 0 Å². The third-order valence-corrected chi connectivity index (χ3v) is 3.79. The van der Waals surface area contributed by atoms with E-state index in [1.54, 1.807) is 0 Å². The van der Waals surface area contributed by atoms with Gasteiger partial charge in [-0.3, -0.25) is 0 Å². The summed E-state index contributed by atoms with van der Waals surface area (Å²) in [5, 5.41) is 3.67. The molecule has 0 amide bonds. The Bertz CT molecular complexity index is 386. The molecular weight excluding hydrogens is 222 g/mol. The van der Waals surface area contributed by atoms with Crippen molar-refractivity contribution in [1.82, 2.24) is 5.32 Å². The Morgan fingerprint density at radius 3 is 2.83 bits per heavy atom. The van der Waals surface area contributed by atoms with Crippen LogP contribution in [0.1, 0.15) is 37.8 Å². The highest BCUT2D eigenvalue weighted by Gasteiger charge is 2.28. The maximum Gasteiger partial charge on any atom is 0.0641 e. The molecular formula is C16H25NO. The molecule has 1 aliphatic heterocycles. The second-order valence-corrected chi connectivity index (χ2v) is 5.93. The van der Waals surface area contributed by atoms with E-state index in [0.717, 1.165) is 32.4 Å². The Morgan fingerprint density at radius 2 is 2.11 bits per heavy atom. The van der Waals surface area contributed by atoms with Crippen LogP contribution < -0.4 is 5.32 Å².